The van der Waals surface area contributed by atoms with Crippen molar-refractivity contribution in [2.45, 2.75) is 25.0 Å². The summed E-state index contributed by atoms with van der Waals surface area (Å²) < 4.78 is 5.44. The molecule has 0 aliphatic carbocycles. The average Bonchev–Trinajstić information content (AvgIpc) is 3.13. The van der Waals surface area contributed by atoms with Crippen LogP contribution in [0.2, 0.25) is 0 Å². The highest BCUT2D eigenvalue weighted by molar-refractivity contribution is 6.35. The Labute approximate surface area is 155 Å². The van der Waals surface area contributed by atoms with Gasteiger partial charge in [0, 0.05) is 39.5 Å². The first-order chi connectivity index (χ1) is 12.4. The molecule has 1 saturated heterocycles. The molecule has 1 aliphatic heterocycles. The van der Waals surface area contributed by atoms with Gasteiger partial charge < -0.3 is 25.2 Å². The predicted molar refractivity (Wildman–Crippen MR) is 102 cm³/mol. The van der Waals surface area contributed by atoms with E-state index < -0.39 is 11.8 Å². The third kappa shape index (κ3) is 5.71. The van der Waals surface area contributed by atoms with Crippen molar-refractivity contribution in [2.75, 3.05) is 52.8 Å². The lowest BCUT2D eigenvalue weighted by Crippen LogP contribution is -2.44. The summed E-state index contributed by atoms with van der Waals surface area (Å²) in [4.78, 5) is 28.1. The molecule has 7 heteroatoms. The molecule has 7 nitrogen and oxygen atoms in total. The van der Waals surface area contributed by atoms with Crippen LogP contribution in [0.3, 0.4) is 0 Å². The zero-order chi connectivity index (χ0) is 19.1. The van der Waals surface area contributed by atoms with Crippen molar-refractivity contribution in [1.82, 2.24) is 15.5 Å². The molecule has 2 amide bonds. The van der Waals surface area contributed by atoms with Crippen LogP contribution in [0.4, 0.5) is 5.69 Å². The lowest BCUT2D eigenvalue weighted by atomic mass is 10.1. The SMILES string of the molecule is CN(C)c1ccc([C@H](CNC(=O)C(=O)NC[C@@H]2CCCO2)N(C)C)cc1. The summed E-state index contributed by atoms with van der Waals surface area (Å²) >= 11 is 0. The normalized spacial score (nSPS) is 17.8. The van der Waals surface area contributed by atoms with Crippen molar-refractivity contribution in [2.24, 2.45) is 0 Å². The number of hydrogen-bond acceptors (Lipinski definition) is 5. The van der Waals surface area contributed by atoms with Crippen LogP contribution < -0.4 is 15.5 Å². The number of amides is 2. The Bertz CT molecular complexity index is 595. The third-order valence-corrected chi connectivity index (χ3v) is 4.59. The molecule has 2 N–H and O–H groups in total. The Morgan fingerprint density at radius 3 is 2.31 bits per heavy atom. The van der Waals surface area contributed by atoms with E-state index in [9.17, 15) is 9.59 Å². The van der Waals surface area contributed by atoms with E-state index in [1.165, 1.54) is 0 Å². The molecule has 2 rings (SSSR count). The van der Waals surface area contributed by atoms with Gasteiger partial charge in [-0.15, -0.1) is 0 Å². The molecule has 144 valence electrons. The van der Waals surface area contributed by atoms with Gasteiger partial charge in [-0.05, 0) is 44.6 Å². The first-order valence-corrected chi connectivity index (χ1v) is 9.00. The quantitative estimate of drug-likeness (QED) is 0.701. The summed E-state index contributed by atoms with van der Waals surface area (Å²) in [6, 6.07) is 8.16. The molecule has 0 spiro atoms. The van der Waals surface area contributed by atoms with E-state index in [2.05, 4.69) is 10.6 Å². The van der Waals surface area contributed by atoms with Crippen molar-refractivity contribution < 1.29 is 14.3 Å². The van der Waals surface area contributed by atoms with Gasteiger partial charge in [0.05, 0.1) is 12.1 Å². The Hall–Kier alpha value is -2.12. The highest BCUT2D eigenvalue weighted by Gasteiger charge is 2.21. The molecule has 1 aromatic carbocycles. The predicted octanol–water partition coefficient (Wildman–Crippen LogP) is 0.767. The number of benzene rings is 1. The summed E-state index contributed by atoms with van der Waals surface area (Å²) in [5.41, 5.74) is 2.20. The van der Waals surface area contributed by atoms with E-state index in [0.717, 1.165) is 30.7 Å². The molecule has 1 aromatic rings. The highest BCUT2D eigenvalue weighted by atomic mass is 16.5. The number of rotatable bonds is 7. The summed E-state index contributed by atoms with van der Waals surface area (Å²) in [5.74, 6) is -1.22. The third-order valence-electron chi connectivity index (χ3n) is 4.59. The van der Waals surface area contributed by atoms with Crippen LogP contribution >= 0.6 is 0 Å². The number of nitrogens with zero attached hydrogens (tertiary/aromatic N) is 2. The zero-order valence-electron chi connectivity index (χ0n) is 16.1. The van der Waals surface area contributed by atoms with E-state index in [1.54, 1.807) is 0 Å². The van der Waals surface area contributed by atoms with Crippen molar-refractivity contribution in [1.29, 1.82) is 0 Å². The lowest BCUT2D eigenvalue weighted by Gasteiger charge is -2.25. The maximum absolute atomic E-state index is 12.1. The molecule has 1 heterocycles. The summed E-state index contributed by atoms with van der Waals surface area (Å²) in [7, 11) is 7.89. The number of anilines is 1. The van der Waals surface area contributed by atoms with Crippen LogP contribution in [-0.2, 0) is 14.3 Å². The van der Waals surface area contributed by atoms with Gasteiger partial charge in [0.1, 0.15) is 0 Å². The standard InChI is InChI=1S/C19H30N4O3/c1-22(2)15-9-7-14(8-10-15)17(23(3)4)13-21-19(25)18(24)20-12-16-6-5-11-26-16/h7-10,16-17H,5-6,11-13H2,1-4H3,(H,20,24)(H,21,25)/t16-,17-/m0/s1. The lowest BCUT2D eigenvalue weighted by molar-refractivity contribution is -0.139. The topological polar surface area (TPSA) is 73.9 Å². The zero-order valence-corrected chi connectivity index (χ0v) is 16.1. The first-order valence-electron chi connectivity index (χ1n) is 9.00. The minimum Gasteiger partial charge on any atom is -0.378 e. The maximum Gasteiger partial charge on any atom is 0.309 e. The highest BCUT2D eigenvalue weighted by Crippen LogP contribution is 2.20. The molecule has 0 radical (unpaired) electrons. The number of carbonyl (C=O) groups excluding carboxylic acids is 2. The fourth-order valence-electron chi connectivity index (χ4n) is 2.95. The Kier molecular flexibility index (Phi) is 7.41. The van der Waals surface area contributed by atoms with Crippen molar-refractivity contribution in [3.63, 3.8) is 0 Å². The van der Waals surface area contributed by atoms with Crippen LogP contribution in [0.15, 0.2) is 24.3 Å². The summed E-state index contributed by atoms with van der Waals surface area (Å²) in [5, 5.41) is 5.37. The molecular formula is C19H30N4O3. The van der Waals surface area contributed by atoms with Gasteiger partial charge in [-0.2, -0.15) is 0 Å². The van der Waals surface area contributed by atoms with Crippen molar-refractivity contribution >= 4 is 17.5 Å². The minimum atomic E-state index is -0.611. The Morgan fingerprint density at radius 1 is 1.12 bits per heavy atom. The van der Waals surface area contributed by atoms with Gasteiger partial charge in [0.25, 0.3) is 0 Å². The van der Waals surface area contributed by atoms with Gasteiger partial charge in [0.2, 0.25) is 0 Å². The first kappa shape index (κ1) is 20.2. The second-order valence-corrected chi connectivity index (χ2v) is 7.02. The van der Waals surface area contributed by atoms with Crippen LogP contribution in [0.5, 0.6) is 0 Å². The van der Waals surface area contributed by atoms with Gasteiger partial charge in [-0.1, -0.05) is 12.1 Å². The number of carbonyl (C=O) groups is 2. The minimum absolute atomic E-state index is 0.0128. The van der Waals surface area contributed by atoms with Gasteiger partial charge in [-0.3, -0.25) is 9.59 Å². The van der Waals surface area contributed by atoms with Crippen LogP contribution in [0.1, 0.15) is 24.4 Å². The smallest absolute Gasteiger partial charge is 0.309 e. The van der Waals surface area contributed by atoms with E-state index in [-0.39, 0.29) is 12.1 Å². The molecule has 1 aliphatic rings. The van der Waals surface area contributed by atoms with Crippen molar-refractivity contribution in [3.8, 4) is 0 Å². The largest absolute Gasteiger partial charge is 0.378 e. The number of likely N-dealkylation sites (N-methyl/N-ethyl adjacent to an activating group) is 1. The molecule has 0 bridgehead atoms. The van der Waals surface area contributed by atoms with Crippen LogP contribution in [0, 0.1) is 0 Å². The summed E-state index contributed by atoms with van der Waals surface area (Å²) in [6.07, 6.45) is 1.95. The van der Waals surface area contributed by atoms with Crippen molar-refractivity contribution in [3.05, 3.63) is 29.8 Å². The molecule has 1 fully saturated rings. The molecule has 26 heavy (non-hydrogen) atoms. The average molecular weight is 362 g/mol. The molecule has 0 aromatic heterocycles. The van der Waals surface area contributed by atoms with E-state index in [0.29, 0.717) is 13.1 Å². The van der Waals surface area contributed by atoms with E-state index >= 15 is 0 Å². The number of nitrogens with one attached hydrogen (secondary N) is 2. The monoisotopic (exact) mass is 362 g/mol. The number of hydrogen-bond donors (Lipinski definition) is 2. The van der Waals surface area contributed by atoms with Crippen LogP contribution in [0.25, 0.3) is 0 Å². The van der Waals surface area contributed by atoms with Gasteiger partial charge in [0.15, 0.2) is 0 Å². The molecule has 0 unspecified atom stereocenters. The van der Waals surface area contributed by atoms with Crippen LogP contribution in [-0.4, -0.2) is 70.7 Å². The van der Waals surface area contributed by atoms with E-state index in [1.807, 2.05) is 62.3 Å². The van der Waals surface area contributed by atoms with Gasteiger partial charge >= 0.3 is 11.8 Å². The Balaban J connectivity index is 1.86. The maximum atomic E-state index is 12.1. The molecule has 0 saturated carbocycles. The fourth-order valence-corrected chi connectivity index (χ4v) is 2.95. The molecule has 2 atom stereocenters. The van der Waals surface area contributed by atoms with Gasteiger partial charge in [-0.25, -0.2) is 0 Å². The Morgan fingerprint density at radius 2 is 1.77 bits per heavy atom. The summed E-state index contributed by atoms with van der Waals surface area (Å²) in [6.45, 7) is 1.47. The molecular weight excluding hydrogens is 332 g/mol. The fraction of sp³-hybridized carbons (Fsp3) is 0.579. The second kappa shape index (κ2) is 9.54. The van der Waals surface area contributed by atoms with E-state index in [4.69, 9.17) is 4.74 Å². The number of ether oxygens (including phenoxy) is 1. The second-order valence-electron chi connectivity index (χ2n) is 7.02.